The van der Waals surface area contributed by atoms with Crippen molar-refractivity contribution in [1.29, 1.82) is 5.26 Å². The van der Waals surface area contributed by atoms with Gasteiger partial charge < -0.3 is 4.74 Å². The van der Waals surface area contributed by atoms with E-state index in [1.54, 1.807) is 11.8 Å². The second-order valence-corrected chi connectivity index (χ2v) is 4.77. The number of hydrogen-bond donors (Lipinski definition) is 0. The van der Waals surface area contributed by atoms with Gasteiger partial charge in [0.05, 0.1) is 5.56 Å². The van der Waals surface area contributed by atoms with E-state index in [1.807, 2.05) is 55.6 Å². The minimum absolute atomic E-state index is 0.559. The Kier molecular flexibility index (Phi) is 3.91. The lowest BCUT2D eigenvalue weighted by molar-refractivity contribution is 0.480. The van der Waals surface area contributed by atoms with Crippen LogP contribution in [0.15, 0.2) is 47.4 Å². The third-order valence-corrected chi connectivity index (χ3v) is 3.29. The summed E-state index contributed by atoms with van der Waals surface area (Å²) in [6.07, 6.45) is 2.03. The summed E-state index contributed by atoms with van der Waals surface area (Å²) in [6.45, 7) is 1.96. The molecule has 0 unspecified atom stereocenters. The predicted molar refractivity (Wildman–Crippen MR) is 74.2 cm³/mol. The Hall–Kier alpha value is -1.92. The maximum Gasteiger partial charge on any atom is 0.145 e. The van der Waals surface area contributed by atoms with Crippen LogP contribution in [0.1, 0.15) is 11.1 Å². The lowest BCUT2D eigenvalue weighted by atomic mass is 10.1. The van der Waals surface area contributed by atoms with E-state index < -0.39 is 0 Å². The van der Waals surface area contributed by atoms with Crippen molar-refractivity contribution in [2.75, 3.05) is 6.26 Å². The number of nitriles is 1. The van der Waals surface area contributed by atoms with Gasteiger partial charge in [-0.25, -0.2) is 0 Å². The van der Waals surface area contributed by atoms with Gasteiger partial charge in [0.25, 0.3) is 0 Å². The van der Waals surface area contributed by atoms with E-state index in [0.717, 1.165) is 11.3 Å². The number of aryl methyl sites for hydroxylation is 1. The van der Waals surface area contributed by atoms with Crippen LogP contribution in [0.2, 0.25) is 0 Å². The quantitative estimate of drug-likeness (QED) is 0.763. The molecule has 0 aromatic heterocycles. The number of thioether (sulfide) groups is 1. The zero-order chi connectivity index (χ0) is 13.0. The zero-order valence-electron chi connectivity index (χ0n) is 10.3. The maximum atomic E-state index is 9.07. The Bertz CT molecular complexity index is 584. The van der Waals surface area contributed by atoms with Gasteiger partial charge in [-0.05, 0) is 55.1 Å². The van der Waals surface area contributed by atoms with Crippen LogP contribution in [-0.4, -0.2) is 6.26 Å². The standard InChI is InChI=1S/C15H13NOS/c1-11-3-8-15(12(9-11)10-16)17-13-4-6-14(18-2)7-5-13/h3-9H,1-2H3. The van der Waals surface area contributed by atoms with E-state index in [0.29, 0.717) is 11.3 Å². The van der Waals surface area contributed by atoms with Crippen LogP contribution in [0.3, 0.4) is 0 Å². The molecule has 18 heavy (non-hydrogen) atoms. The van der Waals surface area contributed by atoms with Crippen molar-refractivity contribution in [3.63, 3.8) is 0 Å². The van der Waals surface area contributed by atoms with Crippen molar-refractivity contribution in [2.24, 2.45) is 0 Å². The number of nitrogens with zero attached hydrogens (tertiary/aromatic N) is 1. The molecular weight excluding hydrogens is 242 g/mol. The molecule has 0 aliphatic rings. The van der Waals surface area contributed by atoms with Crippen molar-refractivity contribution in [2.45, 2.75) is 11.8 Å². The molecule has 0 saturated heterocycles. The van der Waals surface area contributed by atoms with E-state index in [9.17, 15) is 0 Å². The van der Waals surface area contributed by atoms with E-state index >= 15 is 0 Å². The van der Waals surface area contributed by atoms with Gasteiger partial charge in [-0.2, -0.15) is 5.26 Å². The van der Waals surface area contributed by atoms with Crippen LogP contribution in [0.5, 0.6) is 11.5 Å². The van der Waals surface area contributed by atoms with Gasteiger partial charge in [0.15, 0.2) is 0 Å². The Morgan fingerprint density at radius 3 is 2.44 bits per heavy atom. The van der Waals surface area contributed by atoms with Crippen LogP contribution in [0, 0.1) is 18.3 Å². The molecule has 2 rings (SSSR count). The minimum Gasteiger partial charge on any atom is -0.456 e. The molecule has 0 amide bonds. The molecule has 0 spiro atoms. The van der Waals surface area contributed by atoms with Gasteiger partial charge in [0, 0.05) is 4.90 Å². The third-order valence-electron chi connectivity index (χ3n) is 2.54. The Morgan fingerprint density at radius 2 is 1.83 bits per heavy atom. The molecule has 0 fully saturated rings. The van der Waals surface area contributed by atoms with Crippen LogP contribution < -0.4 is 4.74 Å². The monoisotopic (exact) mass is 255 g/mol. The van der Waals surface area contributed by atoms with Gasteiger partial charge in [-0.3, -0.25) is 0 Å². The zero-order valence-corrected chi connectivity index (χ0v) is 11.1. The number of ether oxygens (including phenoxy) is 1. The summed E-state index contributed by atoms with van der Waals surface area (Å²) in [7, 11) is 0. The lowest BCUT2D eigenvalue weighted by Gasteiger charge is -2.08. The molecule has 0 aliphatic carbocycles. The Morgan fingerprint density at radius 1 is 1.11 bits per heavy atom. The van der Waals surface area contributed by atoms with E-state index in [4.69, 9.17) is 10.00 Å². The summed E-state index contributed by atoms with van der Waals surface area (Å²) in [5.74, 6) is 1.34. The fourth-order valence-corrected chi connectivity index (χ4v) is 2.00. The average molecular weight is 255 g/mol. The molecule has 2 nitrogen and oxygen atoms in total. The predicted octanol–water partition coefficient (Wildman–Crippen LogP) is 4.38. The van der Waals surface area contributed by atoms with Gasteiger partial charge in [-0.1, -0.05) is 6.07 Å². The molecule has 2 aromatic rings. The molecule has 0 N–H and O–H groups in total. The van der Waals surface area contributed by atoms with Gasteiger partial charge in [0.2, 0.25) is 0 Å². The summed E-state index contributed by atoms with van der Waals surface area (Å²) >= 11 is 1.69. The fourth-order valence-electron chi connectivity index (χ4n) is 1.59. The first kappa shape index (κ1) is 12.5. The second-order valence-electron chi connectivity index (χ2n) is 3.89. The van der Waals surface area contributed by atoms with Crippen molar-refractivity contribution in [3.8, 4) is 17.6 Å². The molecule has 90 valence electrons. The first-order chi connectivity index (χ1) is 8.72. The summed E-state index contributed by atoms with van der Waals surface area (Å²) in [5, 5.41) is 9.07. The first-order valence-corrected chi connectivity index (χ1v) is 6.78. The molecule has 0 atom stereocenters. The molecule has 2 aromatic carbocycles. The second kappa shape index (κ2) is 5.61. The van der Waals surface area contributed by atoms with Crippen LogP contribution >= 0.6 is 11.8 Å². The van der Waals surface area contributed by atoms with E-state index in [1.165, 1.54) is 4.90 Å². The highest BCUT2D eigenvalue weighted by Crippen LogP contribution is 2.27. The fraction of sp³-hybridized carbons (Fsp3) is 0.133. The SMILES string of the molecule is CSc1ccc(Oc2ccc(C)cc2C#N)cc1. The van der Waals surface area contributed by atoms with Crippen LogP contribution in [0.4, 0.5) is 0 Å². The Labute approximate surface area is 111 Å². The van der Waals surface area contributed by atoms with Crippen molar-refractivity contribution >= 4 is 11.8 Å². The molecule has 0 heterocycles. The van der Waals surface area contributed by atoms with E-state index in [2.05, 4.69) is 6.07 Å². The highest BCUT2D eigenvalue weighted by atomic mass is 32.2. The summed E-state index contributed by atoms with van der Waals surface area (Å²) < 4.78 is 5.72. The summed E-state index contributed by atoms with van der Waals surface area (Å²) in [4.78, 5) is 1.19. The highest BCUT2D eigenvalue weighted by molar-refractivity contribution is 7.98. The van der Waals surface area contributed by atoms with Crippen LogP contribution in [-0.2, 0) is 0 Å². The molecule has 0 saturated carbocycles. The topological polar surface area (TPSA) is 33.0 Å². The Balaban J connectivity index is 2.25. The average Bonchev–Trinajstić information content (AvgIpc) is 2.41. The van der Waals surface area contributed by atoms with E-state index in [-0.39, 0.29) is 0 Å². The van der Waals surface area contributed by atoms with Crippen molar-refractivity contribution in [1.82, 2.24) is 0 Å². The summed E-state index contributed by atoms with van der Waals surface area (Å²) in [6, 6.07) is 15.6. The molecule has 0 radical (unpaired) electrons. The molecule has 3 heteroatoms. The maximum absolute atomic E-state index is 9.07. The first-order valence-electron chi connectivity index (χ1n) is 5.55. The van der Waals surface area contributed by atoms with Gasteiger partial charge in [-0.15, -0.1) is 11.8 Å². The largest absolute Gasteiger partial charge is 0.456 e. The lowest BCUT2D eigenvalue weighted by Crippen LogP contribution is -1.89. The molecule has 0 bridgehead atoms. The number of rotatable bonds is 3. The smallest absolute Gasteiger partial charge is 0.145 e. The van der Waals surface area contributed by atoms with Gasteiger partial charge >= 0.3 is 0 Å². The van der Waals surface area contributed by atoms with Crippen molar-refractivity contribution < 1.29 is 4.74 Å². The minimum atomic E-state index is 0.559. The van der Waals surface area contributed by atoms with Crippen molar-refractivity contribution in [3.05, 3.63) is 53.6 Å². The normalized spacial score (nSPS) is 9.83. The van der Waals surface area contributed by atoms with Gasteiger partial charge in [0.1, 0.15) is 17.6 Å². The third kappa shape index (κ3) is 2.85. The molecule has 0 aliphatic heterocycles. The summed E-state index contributed by atoms with van der Waals surface area (Å²) in [5.41, 5.74) is 1.61. The highest BCUT2D eigenvalue weighted by Gasteiger charge is 2.04. The number of benzene rings is 2. The molecular formula is C15H13NOS. The number of hydrogen-bond acceptors (Lipinski definition) is 3. The van der Waals surface area contributed by atoms with Crippen LogP contribution in [0.25, 0.3) is 0 Å².